The molecule has 1 rings (SSSR count). The van der Waals surface area contributed by atoms with E-state index in [1.807, 2.05) is 30.9 Å². The standard InChI is InChI=1S/C13H21N3O3/c1-10(17)11-5-6-12(13(9-11)16(18)19)15(4)8-7-14(2)3/h5-6,9-10,17H,7-8H2,1-4H3/t10-/m1/s1. The van der Waals surface area contributed by atoms with Crippen molar-refractivity contribution >= 4 is 11.4 Å². The van der Waals surface area contributed by atoms with Gasteiger partial charge in [-0.1, -0.05) is 6.07 Å². The molecule has 0 unspecified atom stereocenters. The van der Waals surface area contributed by atoms with Crippen molar-refractivity contribution in [3.8, 4) is 0 Å². The minimum Gasteiger partial charge on any atom is -0.389 e. The number of aliphatic hydroxyl groups excluding tert-OH is 1. The molecule has 0 fully saturated rings. The van der Waals surface area contributed by atoms with E-state index in [2.05, 4.69) is 0 Å². The predicted molar refractivity (Wildman–Crippen MR) is 75.6 cm³/mol. The van der Waals surface area contributed by atoms with Crippen LogP contribution in [0.3, 0.4) is 0 Å². The number of hydrogen-bond acceptors (Lipinski definition) is 5. The van der Waals surface area contributed by atoms with Gasteiger partial charge in [-0.2, -0.15) is 0 Å². The Morgan fingerprint density at radius 1 is 1.32 bits per heavy atom. The molecular weight excluding hydrogens is 246 g/mol. The molecule has 0 aliphatic carbocycles. The predicted octanol–water partition coefficient (Wildman–Crippen LogP) is 1.65. The minimum absolute atomic E-state index is 0.0275. The van der Waals surface area contributed by atoms with Crippen molar-refractivity contribution in [1.82, 2.24) is 4.90 Å². The van der Waals surface area contributed by atoms with Crippen molar-refractivity contribution in [1.29, 1.82) is 0 Å². The molecule has 1 aromatic carbocycles. The van der Waals surface area contributed by atoms with Crippen LogP contribution in [0.2, 0.25) is 0 Å². The third-order valence-corrected chi connectivity index (χ3v) is 2.97. The van der Waals surface area contributed by atoms with E-state index in [9.17, 15) is 15.2 Å². The second kappa shape index (κ2) is 6.49. The number of anilines is 1. The average Bonchev–Trinajstić information content (AvgIpc) is 2.34. The van der Waals surface area contributed by atoms with Crippen LogP contribution in [0.1, 0.15) is 18.6 Å². The minimum atomic E-state index is -0.708. The highest BCUT2D eigenvalue weighted by Gasteiger charge is 2.19. The molecule has 0 aliphatic rings. The molecule has 1 atom stereocenters. The Balaban J connectivity index is 3.02. The monoisotopic (exact) mass is 267 g/mol. The Morgan fingerprint density at radius 2 is 1.95 bits per heavy atom. The van der Waals surface area contributed by atoms with Crippen molar-refractivity contribution in [2.45, 2.75) is 13.0 Å². The van der Waals surface area contributed by atoms with Crippen LogP contribution < -0.4 is 4.90 Å². The van der Waals surface area contributed by atoms with E-state index in [-0.39, 0.29) is 5.69 Å². The van der Waals surface area contributed by atoms with E-state index in [1.165, 1.54) is 6.07 Å². The van der Waals surface area contributed by atoms with Crippen molar-refractivity contribution < 1.29 is 10.0 Å². The fraction of sp³-hybridized carbons (Fsp3) is 0.538. The topological polar surface area (TPSA) is 69.8 Å². The number of benzene rings is 1. The molecule has 1 N–H and O–H groups in total. The van der Waals surface area contributed by atoms with Gasteiger partial charge in [-0.05, 0) is 32.6 Å². The fourth-order valence-corrected chi connectivity index (χ4v) is 1.74. The third kappa shape index (κ3) is 4.18. The van der Waals surface area contributed by atoms with Gasteiger partial charge < -0.3 is 14.9 Å². The zero-order chi connectivity index (χ0) is 14.6. The molecule has 6 nitrogen and oxygen atoms in total. The molecule has 19 heavy (non-hydrogen) atoms. The maximum absolute atomic E-state index is 11.1. The molecule has 106 valence electrons. The summed E-state index contributed by atoms with van der Waals surface area (Å²) in [5.41, 5.74) is 1.15. The lowest BCUT2D eigenvalue weighted by molar-refractivity contribution is -0.384. The number of nitro benzene ring substituents is 1. The highest BCUT2D eigenvalue weighted by Crippen LogP contribution is 2.30. The second-order valence-electron chi connectivity index (χ2n) is 4.91. The van der Waals surface area contributed by atoms with Crippen LogP contribution in [0.5, 0.6) is 0 Å². The molecule has 0 spiro atoms. The molecule has 0 saturated heterocycles. The summed E-state index contributed by atoms with van der Waals surface area (Å²) in [7, 11) is 5.74. The van der Waals surface area contributed by atoms with Crippen molar-refractivity contribution in [2.24, 2.45) is 0 Å². The van der Waals surface area contributed by atoms with Crippen LogP contribution in [0, 0.1) is 10.1 Å². The van der Waals surface area contributed by atoms with E-state index < -0.39 is 11.0 Å². The first-order valence-electron chi connectivity index (χ1n) is 6.15. The summed E-state index contributed by atoms with van der Waals surface area (Å²) in [5.74, 6) is 0. The maximum atomic E-state index is 11.1. The SMILES string of the molecule is C[C@@H](O)c1ccc(N(C)CCN(C)C)c([N+](=O)[O-])c1. The number of nitro groups is 1. The summed E-state index contributed by atoms with van der Waals surface area (Å²) in [6.45, 7) is 3.10. The van der Waals surface area contributed by atoms with Gasteiger partial charge in [0.15, 0.2) is 0 Å². The molecule has 6 heteroatoms. The molecule has 0 radical (unpaired) electrons. The van der Waals surface area contributed by atoms with E-state index in [0.717, 1.165) is 6.54 Å². The van der Waals surface area contributed by atoms with Crippen LogP contribution in [0.4, 0.5) is 11.4 Å². The maximum Gasteiger partial charge on any atom is 0.292 e. The van der Waals surface area contributed by atoms with Gasteiger partial charge in [0.05, 0.1) is 11.0 Å². The van der Waals surface area contributed by atoms with E-state index in [1.54, 1.807) is 19.1 Å². The zero-order valence-corrected chi connectivity index (χ0v) is 11.8. The Labute approximate surface area is 113 Å². The average molecular weight is 267 g/mol. The summed E-state index contributed by atoms with van der Waals surface area (Å²) in [6.07, 6.45) is -0.708. The summed E-state index contributed by atoms with van der Waals surface area (Å²) >= 11 is 0. The Hall–Kier alpha value is -1.66. The number of rotatable bonds is 6. The molecule has 0 bridgehead atoms. The molecule has 0 saturated carbocycles. The highest BCUT2D eigenvalue weighted by atomic mass is 16.6. The molecule has 0 heterocycles. The van der Waals surface area contributed by atoms with Crippen LogP contribution in [0.25, 0.3) is 0 Å². The first-order valence-corrected chi connectivity index (χ1v) is 6.15. The Morgan fingerprint density at radius 3 is 2.42 bits per heavy atom. The number of hydrogen-bond donors (Lipinski definition) is 1. The molecule has 0 amide bonds. The van der Waals surface area contributed by atoms with Gasteiger partial charge in [0.2, 0.25) is 0 Å². The van der Waals surface area contributed by atoms with Crippen molar-refractivity contribution in [3.63, 3.8) is 0 Å². The highest BCUT2D eigenvalue weighted by molar-refractivity contribution is 5.64. The lowest BCUT2D eigenvalue weighted by Crippen LogP contribution is -2.28. The molecular formula is C13H21N3O3. The number of nitrogens with zero attached hydrogens (tertiary/aromatic N) is 3. The van der Waals surface area contributed by atoms with Gasteiger partial charge in [0.1, 0.15) is 5.69 Å². The summed E-state index contributed by atoms with van der Waals surface area (Å²) in [6, 6.07) is 4.85. The van der Waals surface area contributed by atoms with Crippen LogP contribution in [-0.4, -0.2) is 49.2 Å². The van der Waals surface area contributed by atoms with Gasteiger partial charge in [-0.3, -0.25) is 10.1 Å². The van der Waals surface area contributed by atoms with E-state index in [4.69, 9.17) is 0 Å². The van der Waals surface area contributed by atoms with Gasteiger partial charge in [0.25, 0.3) is 5.69 Å². The first kappa shape index (κ1) is 15.4. The molecule has 1 aromatic rings. The fourth-order valence-electron chi connectivity index (χ4n) is 1.74. The molecule has 0 aromatic heterocycles. The lowest BCUT2D eigenvalue weighted by Gasteiger charge is -2.21. The van der Waals surface area contributed by atoms with Gasteiger partial charge in [-0.15, -0.1) is 0 Å². The lowest BCUT2D eigenvalue weighted by atomic mass is 10.1. The van der Waals surface area contributed by atoms with Crippen molar-refractivity contribution in [2.75, 3.05) is 39.1 Å². The van der Waals surface area contributed by atoms with Gasteiger partial charge in [0, 0.05) is 26.2 Å². The van der Waals surface area contributed by atoms with Crippen LogP contribution >= 0.6 is 0 Å². The summed E-state index contributed by atoms with van der Waals surface area (Å²) in [4.78, 5) is 14.6. The van der Waals surface area contributed by atoms with E-state index >= 15 is 0 Å². The third-order valence-electron chi connectivity index (χ3n) is 2.97. The molecule has 0 aliphatic heterocycles. The van der Waals surface area contributed by atoms with Crippen LogP contribution in [0.15, 0.2) is 18.2 Å². The Bertz CT molecular complexity index is 447. The number of likely N-dealkylation sites (N-methyl/N-ethyl adjacent to an activating group) is 2. The van der Waals surface area contributed by atoms with Crippen LogP contribution in [-0.2, 0) is 0 Å². The number of aliphatic hydroxyl groups is 1. The van der Waals surface area contributed by atoms with Gasteiger partial charge in [-0.25, -0.2) is 0 Å². The second-order valence-corrected chi connectivity index (χ2v) is 4.91. The summed E-state index contributed by atoms with van der Waals surface area (Å²) < 4.78 is 0. The zero-order valence-electron chi connectivity index (χ0n) is 11.8. The quantitative estimate of drug-likeness (QED) is 0.627. The summed E-state index contributed by atoms with van der Waals surface area (Å²) in [5, 5.41) is 20.6. The van der Waals surface area contributed by atoms with Crippen molar-refractivity contribution in [3.05, 3.63) is 33.9 Å². The normalized spacial score (nSPS) is 12.5. The van der Waals surface area contributed by atoms with Gasteiger partial charge >= 0.3 is 0 Å². The van der Waals surface area contributed by atoms with E-state index in [0.29, 0.717) is 17.8 Å². The first-order chi connectivity index (χ1) is 8.82. The Kier molecular flexibility index (Phi) is 5.26. The largest absolute Gasteiger partial charge is 0.389 e. The smallest absolute Gasteiger partial charge is 0.292 e.